The summed E-state index contributed by atoms with van der Waals surface area (Å²) in [5.41, 5.74) is 0.230. The molecule has 0 amide bonds. The van der Waals surface area contributed by atoms with Crippen molar-refractivity contribution in [2.24, 2.45) is 0 Å². The summed E-state index contributed by atoms with van der Waals surface area (Å²) in [5.74, 6) is -0.839. The quantitative estimate of drug-likeness (QED) is 0.797. The number of rotatable bonds is 6. The highest BCUT2D eigenvalue weighted by molar-refractivity contribution is 5.30. The van der Waals surface area contributed by atoms with Crippen LogP contribution in [0.1, 0.15) is 39.2 Å². The van der Waals surface area contributed by atoms with Crippen molar-refractivity contribution in [1.29, 1.82) is 0 Å². The molecule has 1 N–H and O–H groups in total. The van der Waals surface area contributed by atoms with Gasteiger partial charge >= 0.3 is 0 Å². The summed E-state index contributed by atoms with van der Waals surface area (Å²) in [5, 5.41) is 3.35. The van der Waals surface area contributed by atoms with Gasteiger partial charge in [-0.25, -0.2) is 8.78 Å². The van der Waals surface area contributed by atoms with Gasteiger partial charge in [-0.15, -0.1) is 0 Å². The normalized spacial score (nSPS) is 11.7. The number of ether oxygens (including phenoxy) is 1. The second kappa shape index (κ2) is 6.85. The highest BCUT2D eigenvalue weighted by atomic mass is 19.1. The lowest BCUT2D eigenvalue weighted by atomic mass is 10.1. The number of nitrogens with one attached hydrogen (secondary N) is 1. The summed E-state index contributed by atoms with van der Waals surface area (Å²) in [4.78, 5) is 0. The van der Waals surface area contributed by atoms with Crippen LogP contribution in [0.2, 0.25) is 0 Å². The largest absolute Gasteiger partial charge is 0.497 e. The first-order chi connectivity index (χ1) is 8.83. The molecule has 0 heterocycles. The van der Waals surface area contributed by atoms with Crippen molar-refractivity contribution < 1.29 is 13.5 Å². The number of methoxy groups -OCH3 is 1. The minimum absolute atomic E-state index is 0.0800. The third-order valence-corrected chi connectivity index (χ3v) is 2.86. The van der Waals surface area contributed by atoms with Crippen molar-refractivity contribution in [2.45, 2.75) is 45.6 Å². The van der Waals surface area contributed by atoms with Gasteiger partial charge in [-0.2, -0.15) is 0 Å². The average molecular weight is 271 g/mol. The molecule has 4 heteroatoms. The number of hydrogen-bond donors (Lipinski definition) is 1. The van der Waals surface area contributed by atoms with Gasteiger partial charge in [-0.05, 0) is 46.6 Å². The molecule has 2 nitrogen and oxygen atoms in total. The lowest BCUT2D eigenvalue weighted by Crippen LogP contribution is -2.36. The third-order valence-electron chi connectivity index (χ3n) is 2.86. The Bertz CT molecular complexity index is 390. The first-order valence-electron chi connectivity index (χ1n) is 6.60. The zero-order valence-corrected chi connectivity index (χ0v) is 12.1. The third kappa shape index (κ3) is 5.55. The van der Waals surface area contributed by atoms with E-state index < -0.39 is 11.6 Å². The topological polar surface area (TPSA) is 21.3 Å². The molecule has 0 aliphatic heterocycles. The maximum Gasteiger partial charge on any atom is 0.133 e. The molecule has 19 heavy (non-hydrogen) atoms. The van der Waals surface area contributed by atoms with Crippen LogP contribution >= 0.6 is 0 Å². The van der Waals surface area contributed by atoms with Crippen LogP contribution in [-0.4, -0.2) is 19.2 Å². The number of unbranched alkanes of at least 4 members (excludes halogenated alkanes) is 1. The maximum absolute atomic E-state index is 13.7. The molecule has 0 radical (unpaired) electrons. The van der Waals surface area contributed by atoms with Crippen LogP contribution in [0.3, 0.4) is 0 Å². The van der Waals surface area contributed by atoms with E-state index in [2.05, 4.69) is 26.1 Å². The Hall–Kier alpha value is -1.16. The van der Waals surface area contributed by atoms with Crippen LogP contribution in [0, 0.1) is 11.6 Å². The molecule has 0 aromatic heterocycles. The van der Waals surface area contributed by atoms with Crippen LogP contribution in [0.25, 0.3) is 0 Å². The minimum Gasteiger partial charge on any atom is -0.497 e. The molecule has 108 valence electrons. The predicted octanol–water partition coefficient (Wildman–Crippen LogP) is 3.68. The van der Waals surface area contributed by atoms with E-state index in [9.17, 15) is 8.78 Å². The molecular weight excluding hydrogens is 248 g/mol. The first-order valence-corrected chi connectivity index (χ1v) is 6.60. The number of halogens is 2. The highest BCUT2D eigenvalue weighted by Crippen LogP contribution is 2.21. The van der Waals surface area contributed by atoms with E-state index in [0.717, 1.165) is 19.4 Å². The Labute approximate surface area is 114 Å². The van der Waals surface area contributed by atoms with Crippen LogP contribution < -0.4 is 10.1 Å². The van der Waals surface area contributed by atoms with Crippen LogP contribution in [-0.2, 0) is 6.42 Å². The summed E-state index contributed by atoms with van der Waals surface area (Å²) in [6.07, 6.45) is 2.05. The van der Waals surface area contributed by atoms with Gasteiger partial charge in [0.2, 0.25) is 0 Å². The predicted molar refractivity (Wildman–Crippen MR) is 73.6 cm³/mol. The van der Waals surface area contributed by atoms with Crippen molar-refractivity contribution >= 4 is 0 Å². The molecule has 0 fully saturated rings. The van der Waals surface area contributed by atoms with Crippen LogP contribution in [0.15, 0.2) is 12.1 Å². The Morgan fingerprint density at radius 3 is 2.16 bits per heavy atom. The maximum atomic E-state index is 13.7. The molecular formula is C15H23F2NO. The van der Waals surface area contributed by atoms with E-state index in [1.54, 1.807) is 0 Å². The number of benzene rings is 1. The molecule has 1 aromatic carbocycles. The van der Waals surface area contributed by atoms with Gasteiger partial charge in [-0.1, -0.05) is 0 Å². The van der Waals surface area contributed by atoms with E-state index in [4.69, 9.17) is 4.74 Å². The molecule has 0 unspecified atom stereocenters. The van der Waals surface area contributed by atoms with E-state index in [0.29, 0.717) is 6.42 Å². The smallest absolute Gasteiger partial charge is 0.133 e. The average Bonchev–Trinajstić information content (AvgIpc) is 2.30. The molecule has 0 atom stereocenters. The summed E-state index contributed by atoms with van der Waals surface area (Å²) in [6, 6.07) is 2.46. The van der Waals surface area contributed by atoms with Crippen molar-refractivity contribution in [2.75, 3.05) is 13.7 Å². The highest BCUT2D eigenvalue weighted by Gasteiger charge is 2.12. The fraction of sp³-hybridized carbons (Fsp3) is 0.600. The minimum atomic E-state index is -0.527. The van der Waals surface area contributed by atoms with Gasteiger partial charge in [0.25, 0.3) is 0 Å². The van der Waals surface area contributed by atoms with Gasteiger partial charge in [0, 0.05) is 23.2 Å². The standard InChI is InChI=1S/C15H23F2NO/c1-15(2,3)18-8-6-5-7-12-13(16)9-11(19-4)10-14(12)17/h9-10,18H,5-8H2,1-4H3. The molecule has 0 saturated carbocycles. The SMILES string of the molecule is COc1cc(F)c(CCCCNC(C)(C)C)c(F)c1. The van der Waals surface area contributed by atoms with Crippen LogP contribution in [0.5, 0.6) is 5.75 Å². The summed E-state index contributed by atoms with van der Waals surface area (Å²) in [7, 11) is 1.39. The Morgan fingerprint density at radius 1 is 1.11 bits per heavy atom. The second-order valence-electron chi connectivity index (χ2n) is 5.70. The van der Waals surface area contributed by atoms with Crippen LogP contribution in [0.4, 0.5) is 8.78 Å². The number of hydrogen-bond acceptors (Lipinski definition) is 2. The fourth-order valence-corrected chi connectivity index (χ4v) is 1.83. The monoisotopic (exact) mass is 271 g/mol. The Balaban J connectivity index is 2.46. The van der Waals surface area contributed by atoms with Gasteiger partial charge in [0.1, 0.15) is 17.4 Å². The summed E-state index contributed by atoms with van der Waals surface area (Å²) < 4.78 is 32.1. The molecule has 0 spiro atoms. The Morgan fingerprint density at radius 2 is 1.68 bits per heavy atom. The second-order valence-corrected chi connectivity index (χ2v) is 5.70. The molecule has 1 aromatic rings. The lowest BCUT2D eigenvalue weighted by molar-refractivity contribution is 0.403. The molecule has 1 rings (SSSR count). The molecule has 0 aliphatic rings. The van der Waals surface area contributed by atoms with E-state index >= 15 is 0 Å². The van der Waals surface area contributed by atoms with E-state index in [1.807, 2.05) is 0 Å². The Kier molecular flexibility index (Phi) is 5.73. The first kappa shape index (κ1) is 15.9. The van der Waals surface area contributed by atoms with Gasteiger partial charge in [-0.3, -0.25) is 0 Å². The van der Waals surface area contributed by atoms with Gasteiger partial charge < -0.3 is 10.1 Å². The molecule has 0 saturated heterocycles. The summed E-state index contributed by atoms with van der Waals surface area (Å²) >= 11 is 0. The lowest BCUT2D eigenvalue weighted by Gasteiger charge is -2.20. The van der Waals surface area contributed by atoms with Crippen molar-refractivity contribution in [1.82, 2.24) is 5.32 Å². The van der Waals surface area contributed by atoms with Crippen molar-refractivity contribution in [3.63, 3.8) is 0 Å². The van der Waals surface area contributed by atoms with Gasteiger partial charge in [0.05, 0.1) is 7.11 Å². The fourth-order valence-electron chi connectivity index (χ4n) is 1.83. The van der Waals surface area contributed by atoms with Gasteiger partial charge in [0.15, 0.2) is 0 Å². The zero-order chi connectivity index (χ0) is 14.5. The van der Waals surface area contributed by atoms with Crippen molar-refractivity contribution in [3.05, 3.63) is 29.3 Å². The molecule has 0 bridgehead atoms. The van der Waals surface area contributed by atoms with Crippen molar-refractivity contribution in [3.8, 4) is 5.75 Å². The summed E-state index contributed by atoms with van der Waals surface area (Å²) in [6.45, 7) is 7.13. The van der Waals surface area contributed by atoms with E-state index in [-0.39, 0.29) is 16.9 Å². The molecule has 0 aliphatic carbocycles. The van der Waals surface area contributed by atoms with E-state index in [1.165, 1.54) is 19.2 Å². The zero-order valence-electron chi connectivity index (χ0n) is 12.1.